The maximum absolute atomic E-state index is 14.7. The Morgan fingerprint density at radius 1 is 1.04 bits per heavy atom. The highest BCUT2D eigenvalue weighted by molar-refractivity contribution is 9.10. The zero-order chi connectivity index (χ0) is 33.2. The van der Waals surface area contributed by atoms with E-state index in [1.807, 2.05) is 116 Å². The highest BCUT2D eigenvalue weighted by Crippen LogP contribution is 2.45. The molecule has 5 rings (SSSR count). The summed E-state index contributed by atoms with van der Waals surface area (Å²) >= 11 is 3.69. The molecule has 2 atom stereocenters. The molecular weight excluding hydrogens is 660 g/mol. The molecule has 11 heteroatoms. The molecule has 0 radical (unpaired) electrons. The zero-order valence-corrected chi connectivity index (χ0v) is 27.9. The fraction of sp³-hybridized carbons (Fsp3) is 0.278. The van der Waals surface area contributed by atoms with Gasteiger partial charge in [0.2, 0.25) is 5.90 Å². The normalized spacial score (nSPS) is 16.9. The van der Waals surface area contributed by atoms with Gasteiger partial charge in [-0.1, -0.05) is 75.6 Å². The number of carbonyl (C=O) groups is 1. The fourth-order valence-electron chi connectivity index (χ4n) is 5.48. The van der Waals surface area contributed by atoms with E-state index < -0.39 is 11.6 Å². The second-order valence-corrected chi connectivity index (χ2v) is 12.2. The smallest absolute Gasteiger partial charge is 0.252 e. The Bertz CT molecular complexity index is 1760. The van der Waals surface area contributed by atoms with Crippen molar-refractivity contribution >= 4 is 33.4 Å². The molecule has 4 aromatic rings. The highest BCUT2D eigenvalue weighted by atomic mass is 79.9. The number of hydrogen-bond donors (Lipinski definition) is 2. The van der Waals surface area contributed by atoms with Crippen LogP contribution < -0.4 is 15.0 Å². The van der Waals surface area contributed by atoms with Gasteiger partial charge < -0.3 is 24.8 Å². The Balaban J connectivity index is 1.58. The van der Waals surface area contributed by atoms with Gasteiger partial charge in [0.25, 0.3) is 5.91 Å². The number of carbonyl (C=O) groups excluding carboxylic acids is 1. The summed E-state index contributed by atoms with van der Waals surface area (Å²) < 4.78 is 13.2. The van der Waals surface area contributed by atoms with Crippen molar-refractivity contribution in [1.29, 1.82) is 0 Å². The number of azide groups is 1. The number of nitrogens with one attached hydrogen (secondary N) is 1. The van der Waals surface area contributed by atoms with E-state index in [9.17, 15) is 4.79 Å². The van der Waals surface area contributed by atoms with Crippen molar-refractivity contribution in [2.45, 2.75) is 37.6 Å². The van der Waals surface area contributed by atoms with E-state index in [-0.39, 0.29) is 25.5 Å². The summed E-state index contributed by atoms with van der Waals surface area (Å²) in [6, 6.07) is 30.6. The van der Waals surface area contributed by atoms with Gasteiger partial charge in [-0.3, -0.25) is 4.79 Å². The Morgan fingerprint density at radius 2 is 1.74 bits per heavy atom. The number of halogens is 1. The Hall–Kier alpha value is -4.83. The number of nitrogens with zero attached hydrogens (tertiary/aromatic N) is 5. The molecule has 0 spiro atoms. The summed E-state index contributed by atoms with van der Waals surface area (Å²) in [4.78, 5) is 24.8. The summed E-state index contributed by atoms with van der Waals surface area (Å²) in [5.41, 5.74) is 12.7. The molecular formula is C36H37BrN6O4. The first-order chi connectivity index (χ1) is 22.8. The number of hydrogen-bond acceptors (Lipinski definition) is 7. The minimum Gasteiger partial charge on any atom is -0.494 e. The summed E-state index contributed by atoms with van der Waals surface area (Å²) in [6.45, 7) is 0.879. The van der Waals surface area contributed by atoms with Crippen LogP contribution in [0.25, 0.3) is 10.4 Å². The van der Waals surface area contributed by atoms with Crippen LogP contribution in [0.1, 0.15) is 40.3 Å². The van der Waals surface area contributed by atoms with Gasteiger partial charge in [-0.25, -0.2) is 4.99 Å². The average Bonchev–Trinajstić information content (AvgIpc) is 3.47. The molecule has 242 valence electrons. The van der Waals surface area contributed by atoms with Gasteiger partial charge in [0.1, 0.15) is 5.75 Å². The van der Waals surface area contributed by atoms with Crippen LogP contribution in [0.15, 0.2) is 112 Å². The minimum atomic E-state index is -1.43. The first-order valence-corrected chi connectivity index (χ1v) is 16.1. The molecule has 1 aliphatic heterocycles. The maximum atomic E-state index is 14.7. The lowest BCUT2D eigenvalue weighted by Crippen LogP contribution is -2.50. The predicted molar refractivity (Wildman–Crippen MR) is 186 cm³/mol. The molecule has 1 amide bonds. The van der Waals surface area contributed by atoms with Gasteiger partial charge in [-0.2, -0.15) is 0 Å². The van der Waals surface area contributed by atoms with E-state index in [0.717, 1.165) is 32.4 Å². The number of aliphatic hydroxyl groups is 1. The molecule has 1 heterocycles. The maximum Gasteiger partial charge on any atom is 0.252 e. The van der Waals surface area contributed by atoms with Crippen molar-refractivity contribution < 1.29 is 19.4 Å². The van der Waals surface area contributed by atoms with Crippen LogP contribution in [0.4, 0.5) is 5.69 Å². The lowest BCUT2D eigenvalue weighted by molar-refractivity contribution is -0.129. The zero-order valence-electron chi connectivity index (χ0n) is 26.3. The molecule has 2 N–H and O–H groups in total. The van der Waals surface area contributed by atoms with Crippen LogP contribution in [0, 0.1) is 0 Å². The number of anilines is 1. The van der Waals surface area contributed by atoms with Crippen molar-refractivity contribution in [2.75, 3.05) is 32.2 Å². The lowest BCUT2D eigenvalue weighted by atomic mass is 9.81. The van der Waals surface area contributed by atoms with Crippen molar-refractivity contribution in [3.05, 3.63) is 140 Å². The molecule has 0 aliphatic carbocycles. The van der Waals surface area contributed by atoms with Gasteiger partial charge >= 0.3 is 0 Å². The van der Waals surface area contributed by atoms with Gasteiger partial charge in [0.05, 0.1) is 13.2 Å². The van der Waals surface area contributed by atoms with E-state index in [2.05, 4.69) is 31.3 Å². The summed E-state index contributed by atoms with van der Waals surface area (Å²) in [6.07, 6.45) is -0.0749. The third kappa shape index (κ3) is 7.94. The van der Waals surface area contributed by atoms with Crippen LogP contribution >= 0.6 is 15.9 Å². The molecule has 0 fully saturated rings. The third-order valence-corrected chi connectivity index (χ3v) is 8.73. The Morgan fingerprint density at radius 3 is 2.43 bits per heavy atom. The number of amides is 1. The molecule has 10 nitrogen and oxygen atoms in total. The molecule has 4 aromatic carbocycles. The second-order valence-electron chi connectivity index (χ2n) is 11.4. The molecule has 47 heavy (non-hydrogen) atoms. The highest BCUT2D eigenvalue weighted by Gasteiger charge is 2.54. The van der Waals surface area contributed by atoms with E-state index in [0.29, 0.717) is 36.8 Å². The summed E-state index contributed by atoms with van der Waals surface area (Å²) in [7, 11) is 3.96. The monoisotopic (exact) mass is 696 g/mol. The SMILES string of the molecule is CN(C)c1ccc(CNC(=O)[C@]2(Cc3ccccc3CN=[N+]=[N-])N=C(c3ccc(OCCCO)cc3)O[C@@H]2c2ccccc2Br)cc1. The molecule has 1 aliphatic rings. The van der Waals surface area contributed by atoms with Crippen LogP contribution in [-0.4, -0.2) is 49.8 Å². The quantitative estimate of drug-likeness (QED) is 0.0641. The van der Waals surface area contributed by atoms with Crippen LogP contribution in [-0.2, 0) is 29.0 Å². The number of benzene rings is 4. The average molecular weight is 698 g/mol. The van der Waals surface area contributed by atoms with E-state index in [4.69, 9.17) is 25.1 Å². The first-order valence-electron chi connectivity index (χ1n) is 15.3. The van der Waals surface area contributed by atoms with Crippen molar-refractivity contribution in [2.24, 2.45) is 10.1 Å². The van der Waals surface area contributed by atoms with Gasteiger partial charge in [-0.15, -0.1) is 0 Å². The van der Waals surface area contributed by atoms with Crippen LogP contribution in [0.2, 0.25) is 0 Å². The first kappa shape index (κ1) is 33.5. The van der Waals surface area contributed by atoms with Crippen LogP contribution in [0.5, 0.6) is 5.75 Å². The summed E-state index contributed by atoms with van der Waals surface area (Å²) in [5, 5.41) is 16.1. The van der Waals surface area contributed by atoms with Crippen LogP contribution in [0.3, 0.4) is 0 Å². The third-order valence-electron chi connectivity index (χ3n) is 8.01. The van der Waals surface area contributed by atoms with Gasteiger partial charge in [0.15, 0.2) is 11.6 Å². The topological polar surface area (TPSA) is 132 Å². The number of aliphatic hydroxyl groups excluding tert-OH is 1. The lowest BCUT2D eigenvalue weighted by Gasteiger charge is -2.32. The standard InChI is InChI=1S/C36H37BrN6O4/c1-43(2)29-16-12-25(13-17-29)23-39-35(45)36(22-27-8-3-4-9-28(27)24-40-42-38)33(31-10-5-6-11-32(31)37)47-34(41-36)26-14-18-30(19-15-26)46-21-7-20-44/h3-6,8-19,33,44H,7,20-24H2,1-2H3,(H,39,45)/t33-,36-/m1/s1. The van der Waals surface area contributed by atoms with E-state index in [1.165, 1.54) is 0 Å². The molecule has 0 bridgehead atoms. The second kappa shape index (κ2) is 15.6. The van der Waals surface area contributed by atoms with Gasteiger partial charge in [-0.05, 0) is 64.7 Å². The molecule has 0 unspecified atom stereocenters. The number of ether oxygens (including phenoxy) is 2. The number of aliphatic imine (C=N–C) groups is 1. The van der Waals surface area contributed by atoms with Crippen molar-refractivity contribution in [3.8, 4) is 5.75 Å². The van der Waals surface area contributed by atoms with E-state index >= 15 is 0 Å². The molecule has 0 saturated carbocycles. The largest absolute Gasteiger partial charge is 0.494 e. The fourth-order valence-corrected chi connectivity index (χ4v) is 5.97. The summed E-state index contributed by atoms with van der Waals surface area (Å²) in [5.74, 6) is 0.678. The molecule has 0 saturated heterocycles. The predicted octanol–water partition coefficient (Wildman–Crippen LogP) is 6.90. The Kier molecular flexibility index (Phi) is 11.2. The minimum absolute atomic E-state index is 0.0523. The Labute approximate surface area is 282 Å². The number of rotatable bonds is 14. The van der Waals surface area contributed by atoms with Crippen molar-refractivity contribution in [1.82, 2.24) is 5.32 Å². The molecule has 0 aromatic heterocycles. The van der Waals surface area contributed by atoms with Gasteiger partial charge in [0, 0.05) is 66.3 Å². The van der Waals surface area contributed by atoms with E-state index in [1.54, 1.807) is 0 Å². The van der Waals surface area contributed by atoms with Crippen molar-refractivity contribution in [3.63, 3.8) is 0 Å².